The number of rotatable bonds is 4. The van der Waals surface area contributed by atoms with E-state index in [1.54, 1.807) is 0 Å². The molecule has 1 N–H and O–H groups in total. The summed E-state index contributed by atoms with van der Waals surface area (Å²) >= 11 is 0. The van der Waals surface area contributed by atoms with Crippen LogP contribution in [0.15, 0.2) is 24.3 Å². The van der Waals surface area contributed by atoms with Crippen molar-refractivity contribution >= 4 is 10.9 Å². The summed E-state index contributed by atoms with van der Waals surface area (Å²) in [7, 11) is 0. The van der Waals surface area contributed by atoms with E-state index < -0.39 is 0 Å². The first-order chi connectivity index (χ1) is 8.76. The standard InChI is InChI=1S/C13H17FN2.C2H6/c1-3-10-11-7-5-6-8-12(11)15-13(10)9-16(14)4-2;1-2/h5-8,15H,3-4,9H2,1-2H3;1-2H3. The largest absolute Gasteiger partial charge is 0.357 e. The van der Waals surface area contributed by atoms with E-state index in [2.05, 4.69) is 18.0 Å². The Balaban J connectivity index is 0.000000771. The number of hydrogen-bond acceptors (Lipinski definition) is 1. The molecule has 0 amide bonds. The lowest BCUT2D eigenvalue weighted by Crippen LogP contribution is -2.13. The first-order valence-corrected chi connectivity index (χ1v) is 6.75. The SMILES string of the molecule is CC.CCc1c(CN(F)CC)[nH]c2ccccc12. The summed E-state index contributed by atoms with van der Waals surface area (Å²) in [6, 6.07) is 8.14. The second kappa shape index (κ2) is 7.17. The molecular formula is C15H23FN2. The highest BCUT2D eigenvalue weighted by atomic mass is 19.2. The second-order valence-corrected chi connectivity index (χ2v) is 3.92. The highest BCUT2D eigenvalue weighted by molar-refractivity contribution is 5.84. The Kier molecular flexibility index (Phi) is 5.86. The van der Waals surface area contributed by atoms with Crippen molar-refractivity contribution in [1.82, 2.24) is 10.1 Å². The number of halogens is 1. The molecule has 0 spiro atoms. The van der Waals surface area contributed by atoms with Gasteiger partial charge in [-0.15, -0.1) is 9.60 Å². The maximum atomic E-state index is 13.3. The minimum absolute atomic E-state index is 0.342. The Hall–Kier alpha value is -1.35. The molecule has 2 nitrogen and oxygen atoms in total. The fourth-order valence-electron chi connectivity index (χ4n) is 2.08. The Bertz CT molecular complexity index is 476. The minimum Gasteiger partial charge on any atom is -0.357 e. The quantitative estimate of drug-likeness (QED) is 0.794. The van der Waals surface area contributed by atoms with Gasteiger partial charge in [0.1, 0.15) is 0 Å². The first-order valence-electron chi connectivity index (χ1n) is 6.75. The van der Waals surface area contributed by atoms with Crippen LogP contribution < -0.4 is 0 Å². The first kappa shape index (κ1) is 14.7. The molecule has 0 atom stereocenters. The molecule has 0 fully saturated rings. The molecule has 1 aromatic carbocycles. The van der Waals surface area contributed by atoms with Crippen LogP contribution in [0.1, 0.15) is 39.0 Å². The van der Waals surface area contributed by atoms with Crippen molar-refractivity contribution in [2.24, 2.45) is 0 Å². The number of fused-ring (bicyclic) bond motifs is 1. The molecule has 0 radical (unpaired) electrons. The van der Waals surface area contributed by atoms with Crippen LogP contribution >= 0.6 is 0 Å². The molecule has 0 aliphatic rings. The van der Waals surface area contributed by atoms with Gasteiger partial charge >= 0.3 is 0 Å². The highest BCUT2D eigenvalue weighted by Gasteiger charge is 2.11. The van der Waals surface area contributed by atoms with Crippen LogP contribution in [-0.4, -0.2) is 16.7 Å². The fourth-order valence-corrected chi connectivity index (χ4v) is 2.08. The van der Waals surface area contributed by atoms with Crippen molar-refractivity contribution in [3.63, 3.8) is 0 Å². The minimum atomic E-state index is 0.342. The van der Waals surface area contributed by atoms with E-state index in [1.807, 2.05) is 39.0 Å². The average molecular weight is 250 g/mol. The van der Waals surface area contributed by atoms with Crippen molar-refractivity contribution < 1.29 is 4.48 Å². The number of nitrogens with zero attached hydrogens (tertiary/aromatic N) is 1. The van der Waals surface area contributed by atoms with E-state index in [4.69, 9.17) is 0 Å². The number of aryl methyl sites for hydroxylation is 1. The van der Waals surface area contributed by atoms with Gasteiger partial charge in [0.2, 0.25) is 0 Å². The maximum absolute atomic E-state index is 13.3. The summed E-state index contributed by atoms with van der Waals surface area (Å²) in [5, 5.41) is 2.04. The summed E-state index contributed by atoms with van der Waals surface area (Å²) in [5.41, 5.74) is 3.32. The van der Waals surface area contributed by atoms with Gasteiger partial charge in [-0.2, -0.15) is 0 Å². The van der Waals surface area contributed by atoms with Gasteiger partial charge in [0, 0.05) is 23.1 Å². The van der Waals surface area contributed by atoms with Crippen LogP contribution in [0, 0.1) is 0 Å². The van der Waals surface area contributed by atoms with E-state index in [1.165, 1.54) is 10.9 Å². The number of H-pyrrole nitrogens is 1. The Morgan fingerprint density at radius 3 is 2.44 bits per heavy atom. The van der Waals surface area contributed by atoms with Gasteiger partial charge in [-0.25, -0.2) is 0 Å². The van der Waals surface area contributed by atoms with Crippen LogP contribution in [0.5, 0.6) is 0 Å². The van der Waals surface area contributed by atoms with Crippen molar-refractivity contribution in [3.8, 4) is 0 Å². The lowest BCUT2D eigenvalue weighted by Gasteiger charge is -2.08. The molecule has 2 rings (SSSR count). The average Bonchev–Trinajstić information content (AvgIpc) is 2.77. The molecule has 18 heavy (non-hydrogen) atoms. The lowest BCUT2D eigenvalue weighted by molar-refractivity contribution is 0.0211. The van der Waals surface area contributed by atoms with Gasteiger partial charge in [0.25, 0.3) is 0 Å². The van der Waals surface area contributed by atoms with Gasteiger partial charge in [-0.05, 0) is 25.0 Å². The monoisotopic (exact) mass is 250 g/mol. The molecule has 1 heterocycles. The molecule has 0 bridgehead atoms. The zero-order valence-corrected chi connectivity index (χ0v) is 11.8. The number of benzene rings is 1. The summed E-state index contributed by atoms with van der Waals surface area (Å²) < 4.78 is 13.3. The molecule has 0 aliphatic carbocycles. The second-order valence-electron chi connectivity index (χ2n) is 3.92. The smallest absolute Gasteiger partial charge is 0.0694 e. The van der Waals surface area contributed by atoms with Gasteiger partial charge < -0.3 is 4.98 Å². The van der Waals surface area contributed by atoms with Crippen LogP contribution in [0.25, 0.3) is 10.9 Å². The van der Waals surface area contributed by atoms with Crippen LogP contribution in [0.3, 0.4) is 0 Å². The van der Waals surface area contributed by atoms with Gasteiger partial charge in [-0.1, -0.05) is 39.0 Å². The summed E-state index contributed by atoms with van der Waals surface area (Å²) in [6.45, 7) is 8.68. The third kappa shape index (κ3) is 3.10. The zero-order valence-electron chi connectivity index (χ0n) is 11.8. The summed E-state index contributed by atoms with van der Waals surface area (Å²) in [4.78, 5) is 3.30. The molecule has 0 saturated heterocycles. The number of nitrogens with one attached hydrogen (secondary N) is 1. The van der Waals surface area contributed by atoms with E-state index >= 15 is 0 Å². The van der Waals surface area contributed by atoms with E-state index in [9.17, 15) is 4.48 Å². The number of para-hydroxylation sites is 1. The van der Waals surface area contributed by atoms with Crippen LogP contribution in [0.4, 0.5) is 4.48 Å². The lowest BCUT2D eigenvalue weighted by atomic mass is 10.1. The Morgan fingerprint density at radius 1 is 1.17 bits per heavy atom. The predicted molar refractivity (Wildman–Crippen MR) is 76.2 cm³/mol. The normalized spacial score (nSPS) is 10.6. The number of aromatic amines is 1. The Labute approximate surface area is 109 Å². The highest BCUT2D eigenvalue weighted by Crippen LogP contribution is 2.23. The van der Waals surface area contributed by atoms with E-state index in [-0.39, 0.29) is 0 Å². The number of hydrogen-bond donors (Lipinski definition) is 1. The van der Waals surface area contributed by atoms with E-state index in [0.29, 0.717) is 13.1 Å². The molecule has 0 saturated carbocycles. The molecule has 3 heteroatoms. The molecule has 0 unspecified atom stereocenters. The van der Waals surface area contributed by atoms with Crippen molar-refractivity contribution in [3.05, 3.63) is 35.5 Å². The molecule has 2 aromatic rings. The van der Waals surface area contributed by atoms with Gasteiger partial charge in [0.15, 0.2) is 0 Å². The van der Waals surface area contributed by atoms with Crippen LogP contribution in [0.2, 0.25) is 0 Å². The third-order valence-corrected chi connectivity index (χ3v) is 2.93. The van der Waals surface area contributed by atoms with Gasteiger partial charge in [0.05, 0.1) is 6.54 Å². The van der Waals surface area contributed by atoms with Crippen molar-refractivity contribution in [2.45, 2.75) is 40.7 Å². The predicted octanol–water partition coefficient (Wildman–Crippen LogP) is 4.46. The zero-order chi connectivity index (χ0) is 13.5. The van der Waals surface area contributed by atoms with Gasteiger partial charge in [-0.3, -0.25) is 0 Å². The van der Waals surface area contributed by atoms with Crippen molar-refractivity contribution in [1.29, 1.82) is 0 Å². The number of aromatic nitrogens is 1. The molecule has 0 aliphatic heterocycles. The summed E-state index contributed by atoms with van der Waals surface area (Å²) in [6.07, 6.45) is 0.927. The maximum Gasteiger partial charge on any atom is 0.0694 e. The topological polar surface area (TPSA) is 19.0 Å². The van der Waals surface area contributed by atoms with Crippen LogP contribution in [-0.2, 0) is 13.0 Å². The third-order valence-electron chi connectivity index (χ3n) is 2.93. The molecule has 1 aromatic heterocycles. The fraction of sp³-hybridized carbons (Fsp3) is 0.467. The van der Waals surface area contributed by atoms with E-state index in [0.717, 1.165) is 22.8 Å². The Morgan fingerprint density at radius 2 is 1.83 bits per heavy atom. The van der Waals surface area contributed by atoms with Crippen molar-refractivity contribution in [2.75, 3.05) is 6.54 Å². The summed E-state index contributed by atoms with van der Waals surface area (Å²) in [5.74, 6) is 0. The molecule has 100 valence electrons. The molecular weight excluding hydrogens is 227 g/mol.